The van der Waals surface area contributed by atoms with E-state index >= 15 is 0 Å². The Morgan fingerprint density at radius 1 is 1.31 bits per heavy atom. The Hall–Kier alpha value is -0.290. The molecule has 0 aliphatic heterocycles. The summed E-state index contributed by atoms with van der Waals surface area (Å²) in [6.45, 7) is 2.00. The second kappa shape index (κ2) is 6.21. The molecule has 0 heterocycles. The quantitative estimate of drug-likeness (QED) is 0.508. The topological polar surface area (TPSA) is 38.0 Å². The summed E-state index contributed by atoms with van der Waals surface area (Å²) in [5, 5.41) is 0. The van der Waals surface area contributed by atoms with Crippen LogP contribution in [-0.4, -0.2) is 12.2 Å². The van der Waals surface area contributed by atoms with Crippen LogP contribution in [0.5, 0.6) is 0 Å². The highest BCUT2D eigenvalue weighted by Crippen LogP contribution is 2.23. The number of alkyl halides is 3. The van der Waals surface area contributed by atoms with E-state index in [4.69, 9.17) is 5.84 Å². The lowest BCUT2D eigenvalue weighted by Crippen LogP contribution is -2.35. The summed E-state index contributed by atoms with van der Waals surface area (Å²) in [4.78, 5) is 0. The molecule has 3 N–H and O–H groups in total. The van der Waals surface area contributed by atoms with Crippen LogP contribution in [0.15, 0.2) is 0 Å². The van der Waals surface area contributed by atoms with E-state index in [1.165, 1.54) is 0 Å². The van der Waals surface area contributed by atoms with Gasteiger partial charge in [0.25, 0.3) is 0 Å². The van der Waals surface area contributed by atoms with E-state index < -0.39 is 12.6 Å². The molecular formula is C8H17F3N2. The fraction of sp³-hybridized carbons (Fsp3) is 1.00. The molecular weight excluding hydrogens is 181 g/mol. The van der Waals surface area contributed by atoms with Gasteiger partial charge in [0, 0.05) is 12.5 Å². The first-order valence-corrected chi connectivity index (χ1v) is 4.52. The summed E-state index contributed by atoms with van der Waals surface area (Å²) < 4.78 is 35.4. The zero-order valence-electron chi connectivity index (χ0n) is 7.82. The summed E-state index contributed by atoms with van der Waals surface area (Å²) in [5.74, 6) is 5.13. The minimum absolute atomic E-state index is 0.0694. The molecule has 0 aliphatic rings. The number of unbranched alkanes of at least 4 members (excludes halogenated alkanes) is 1. The summed E-state index contributed by atoms with van der Waals surface area (Å²) in [5.41, 5.74) is 2.41. The van der Waals surface area contributed by atoms with Crippen molar-refractivity contribution in [3.05, 3.63) is 0 Å². The van der Waals surface area contributed by atoms with Crippen LogP contribution in [0, 0.1) is 0 Å². The van der Waals surface area contributed by atoms with Crippen molar-refractivity contribution in [2.45, 2.75) is 51.2 Å². The minimum atomic E-state index is -4.07. The summed E-state index contributed by atoms with van der Waals surface area (Å²) in [7, 11) is 0. The average molecular weight is 198 g/mol. The van der Waals surface area contributed by atoms with Gasteiger partial charge in [0.05, 0.1) is 0 Å². The van der Waals surface area contributed by atoms with Gasteiger partial charge in [-0.3, -0.25) is 11.3 Å². The van der Waals surface area contributed by atoms with Gasteiger partial charge in [-0.2, -0.15) is 13.2 Å². The van der Waals surface area contributed by atoms with E-state index in [2.05, 4.69) is 5.43 Å². The standard InChI is InChI=1S/C8H17F3N2/c1-2-3-4-7(13-12)5-6-8(9,10)11/h7,13H,2-6,12H2,1H3. The maximum atomic E-state index is 11.8. The molecule has 1 unspecified atom stereocenters. The predicted molar refractivity (Wildman–Crippen MR) is 45.9 cm³/mol. The Balaban J connectivity index is 3.59. The molecule has 80 valence electrons. The van der Waals surface area contributed by atoms with Gasteiger partial charge in [0.1, 0.15) is 0 Å². The Bertz CT molecular complexity index is 125. The number of hydrogen-bond acceptors (Lipinski definition) is 2. The first kappa shape index (κ1) is 12.7. The monoisotopic (exact) mass is 198 g/mol. The molecule has 0 bridgehead atoms. The Morgan fingerprint density at radius 3 is 2.31 bits per heavy atom. The molecule has 0 rings (SSSR count). The van der Waals surface area contributed by atoms with Crippen LogP contribution in [0.3, 0.4) is 0 Å². The van der Waals surface area contributed by atoms with E-state index in [1.807, 2.05) is 6.92 Å². The normalized spacial score (nSPS) is 14.5. The largest absolute Gasteiger partial charge is 0.389 e. The van der Waals surface area contributed by atoms with Gasteiger partial charge in [0.15, 0.2) is 0 Å². The molecule has 0 aromatic rings. The molecule has 0 radical (unpaired) electrons. The lowest BCUT2D eigenvalue weighted by molar-refractivity contribution is -0.136. The van der Waals surface area contributed by atoms with Crippen LogP contribution < -0.4 is 11.3 Å². The fourth-order valence-corrected chi connectivity index (χ4v) is 1.10. The van der Waals surface area contributed by atoms with E-state index in [0.29, 0.717) is 6.42 Å². The number of nitrogens with two attached hydrogens (primary N) is 1. The van der Waals surface area contributed by atoms with Crippen LogP contribution >= 0.6 is 0 Å². The molecule has 0 saturated heterocycles. The second-order valence-corrected chi connectivity index (χ2v) is 3.16. The molecule has 13 heavy (non-hydrogen) atoms. The van der Waals surface area contributed by atoms with Crippen LogP contribution in [-0.2, 0) is 0 Å². The van der Waals surface area contributed by atoms with Gasteiger partial charge < -0.3 is 0 Å². The Labute approximate surface area is 76.7 Å². The number of rotatable bonds is 6. The summed E-state index contributed by atoms with van der Waals surface area (Å²) in [6, 6.07) is -0.207. The van der Waals surface area contributed by atoms with Crippen molar-refractivity contribution in [3.8, 4) is 0 Å². The molecule has 0 saturated carbocycles. The SMILES string of the molecule is CCCCC(CCC(F)(F)F)NN. The van der Waals surface area contributed by atoms with E-state index in [-0.39, 0.29) is 12.5 Å². The van der Waals surface area contributed by atoms with Crippen molar-refractivity contribution >= 4 is 0 Å². The van der Waals surface area contributed by atoms with Crippen LogP contribution in [0.1, 0.15) is 39.0 Å². The van der Waals surface area contributed by atoms with E-state index in [0.717, 1.165) is 12.8 Å². The third-order valence-electron chi connectivity index (χ3n) is 1.92. The summed E-state index contributed by atoms with van der Waals surface area (Å²) in [6.07, 6.45) is -2.16. The van der Waals surface area contributed by atoms with Crippen molar-refractivity contribution in [1.29, 1.82) is 0 Å². The highest BCUT2D eigenvalue weighted by Gasteiger charge is 2.27. The molecule has 0 amide bonds. The second-order valence-electron chi connectivity index (χ2n) is 3.16. The van der Waals surface area contributed by atoms with Crippen LogP contribution in [0.2, 0.25) is 0 Å². The maximum absolute atomic E-state index is 11.8. The molecule has 0 spiro atoms. The predicted octanol–water partition coefficient (Wildman–Crippen LogP) is 2.35. The van der Waals surface area contributed by atoms with Gasteiger partial charge in [-0.15, -0.1) is 0 Å². The summed E-state index contributed by atoms with van der Waals surface area (Å²) >= 11 is 0. The van der Waals surface area contributed by atoms with Gasteiger partial charge in [-0.25, -0.2) is 0 Å². The zero-order chi connectivity index (χ0) is 10.3. The molecule has 5 heteroatoms. The number of nitrogens with one attached hydrogen (secondary N) is 1. The van der Waals surface area contributed by atoms with Crippen LogP contribution in [0.4, 0.5) is 13.2 Å². The molecule has 0 fully saturated rings. The number of hydrogen-bond donors (Lipinski definition) is 2. The number of halogens is 3. The lowest BCUT2D eigenvalue weighted by atomic mass is 10.1. The minimum Gasteiger partial charge on any atom is -0.271 e. The van der Waals surface area contributed by atoms with Crippen molar-refractivity contribution in [3.63, 3.8) is 0 Å². The molecule has 0 aromatic heterocycles. The van der Waals surface area contributed by atoms with Crippen LogP contribution in [0.25, 0.3) is 0 Å². The highest BCUT2D eigenvalue weighted by atomic mass is 19.4. The van der Waals surface area contributed by atoms with Gasteiger partial charge in [-0.1, -0.05) is 19.8 Å². The first-order valence-electron chi connectivity index (χ1n) is 4.52. The van der Waals surface area contributed by atoms with Crippen molar-refractivity contribution < 1.29 is 13.2 Å². The highest BCUT2D eigenvalue weighted by molar-refractivity contribution is 4.65. The molecule has 0 aromatic carbocycles. The molecule has 2 nitrogen and oxygen atoms in total. The van der Waals surface area contributed by atoms with Crippen molar-refractivity contribution in [2.24, 2.45) is 5.84 Å². The molecule has 1 atom stereocenters. The lowest BCUT2D eigenvalue weighted by Gasteiger charge is -2.16. The number of hydrazine groups is 1. The van der Waals surface area contributed by atoms with Gasteiger partial charge in [-0.05, 0) is 12.8 Å². The van der Waals surface area contributed by atoms with Crippen molar-refractivity contribution in [1.82, 2.24) is 5.43 Å². The maximum Gasteiger partial charge on any atom is 0.389 e. The molecule has 0 aliphatic carbocycles. The zero-order valence-corrected chi connectivity index (χ0v) is 7.82. The third kappa shape index (κ3) is 8.05. The van der Waals surface area contributed by atoms with E-state index in [1.54, 1.807) is 0 Å². The van der Waals surface area contributed by atoms with Gasteiger partial charge in [0.2, 0.25) is 0 Å². The Kier molecular flexibility index (Phi) is 6.07. The third-order valence-corrected chi connectivity index (χ3v) is 1.92. The van der Waals surface area contributed by atoms with Crippen molar-refractivity contribution in [2.75, 3.05) is 0 Å². The Morgan fingerprint density at radius 2 is 1.92 bits per heavy atom. The van der Waals surface area contributed by atoms with Gasteiger partial charge >= 0.3 is 6.18 Å². The first-order chi connectivity index (χ1) is 5.99. The fourth-order valence-electron chi connectivity index (χ4n) is 1.10. The average Bonchev–Trinajstić information content (AvgIpc) is 2.03. The van der Waals surface area contributed by atoms with E-state index in [9.17, 15) is 13.2 Å². The smallest absolute Gasteiger partial charge is 0.271 e.